The molecular weight excluding hydrogens is 801 g/mol. The summed E-state index contributed by atoms with van der Waals surface area (Å²) in [6, 6.07) is 14.6. The summed E-state index contributed by atoms with van der Waals surface area (Å²) >= 11 is 9.18. The molecule has 2 spiro atoms. The maximum absolute atomic E-state index is 9.56. The average molecular weight is 841 g/mol. The van der Waals surface area contributed by atoms with Crippen LogP contribution in [0.4, 0.5) is 0 Å². The van der Waals surface area contributed by atoms with Gasteiger partial charge in [-0.25, -0.2) is 0 Å². The highest BCUT2D eigenvalue weighted by Gasteiger charge is 2.52. The van der Waals surface area contributed by atoms with E-state index in [1.54, 1.807) is 40.4 Å². The molecular formula is C46H40N4O2S5. The lowest BCUT2D eigenvalue weighted by Gasteiger charge is -2.37. The largest absolute Gasteiger partial charge is 0.492 e. The first kappa shape index (κ1) is 38.1. The van der Waals surface area contributed by atoms with Crippen molar-refractivity contribution in [1.82, 2.24) is 0 Å². The van der Waals surface area contributed by atoms with Gasteiger partial charge in [-0.15, -0.1) is 56.7 Å². The fourth-order valence-electron chi connectivity index (χ4n) is 9.69. The van der Waals surface area contributed by atoms with Gasteiger partial charge in [0.1, 0.15) is 46.9 Å². The maximum atomic E-state index is 9.56. The first-order valence-electron chi connectivity index (χ1n) is 20.0. The Labute approximate surface area is 353 Å². The van der Waals surface area contributed by atoms with E-state index in [1.807, 2.05) is 70.4 Å². The molecule has 2 saturated carbocycles. The number of fused-ring (bicyclic) bond motifs is 10. The summed E-state index contributed by atoms with van der Waals surface area (Å²) in [6.07, 6.45) is 19.5. The number of hydrogen-bond acceptors (Lipinski definition) is 11. The van der Waals surface area contributed by atoms with Crippen LogP contribution in [0.1, 0.15) is 127 Å². The van der Waals surface area contributed by atoms with Crippen molar-refractivity contribution in [2.24, 2.45) is 0 Å². The smallest absolute Gasteiger partial charge is 0.139 e. The molecule has 0 aliphatic heterocycles. The first-order chi connectivity index (χ1) is 27.9. The molecule has 0 amide bonds. The van der Waals surface area contributed by atoms with Gasteiger partial charge in [0, 0.05) is 40.8 Å². The third-order valence-electron chi connectivity index (χ3n) is 12.0. The van der Waals surface area contributed by atoms with E-state index in [2.05, 4.69) is 26.0 Å². The van der Waals surface area contributed by atoms with E-state index >= 15 is 0 Å². The third-order valence-corrected chi connectivity index (χ3v) is 18.2. The topological polar surface area (TPSA) is 114 Å². The van der Waals surface area contributed by atoms with Crippen molar-refractivity contribution < 1.29 is 9.47 Å². The summed E-state index contributed by atoms with van der Waals surface area (Å²) in [5.41, 5.74) is 6.04. The summed E-state index contributed by atoms with van der Waals surface area (Å²) < 4.78 is 15.7. The molecule has 5 aromatic rings. The van der Waals surface area contributed by atoms with E-state index in [0.29, 0.717) is 13.2 Å². The Balaban J connectivity index is 1.20. The van der Waals surface area contributed by atoms with Crippen LogP contribution in [0.5, 0.6) is 11.5 Å². The number of nitrogens with zero attached hydrogens (tertiary/aromatic N) is 4. The van der Waals surface area contributed by atoms with Crippen molar-refractivity contribution in [3.63, 3.8) is 0 Å². The first-order valence-corrected chi connectivity index (χ1v) is 24.0. The molecule has 2 fully saturated rings. The second-order valence-corrected chi connectivity index (χ2v) is 20.7. The molecule has 286 valence electrons. The molecule has 9 rings (SSSR count). The predicted octanol–water partition coefficient (Wildman–Crippen LogP) is 14.2. The van der Waals surface area contributed by atoms with Crippen LogP contribution in [0.15, 0.2) is 29.3 Å². The van der Waals surface area contributed by atoms with Crippen LogP contribution in [-0.2, 0) is 10.8 Å². The fourth-order valence-corrected chi connectivity index (χ4v) is 16.6. The standard InChI is InChI=1S/C46H40N4O2S5/c1-3-15-51-33-19-29(17-27(23-47)24-48)53-39(33)31-21-35-37(45(31)11-7-5-8-12-45)42-44(55-35)38-43(57-42)40-32(46(38)13-9-6-10-14-46)22-36(56-40)41-34(52-16-4-2)20-30(54-41)18-28(25-49)26-50/h17-22H,3-16H2,1-2H3. The summed E-state index contributed by atoms with van der Waals surface area (Å²) in [5, 5.41) is 38.1. The molecule has 5 heterocycles. The molecule has 0 bridgehead atoms. The lowest BCUT2D eigenvalue weighted by molar-refractivity contribution is 0.316. The SMILES string of the molecule is CCCOc1cc(C=C(C#N)C#N)sc1C1=Cc2sc3c4c(sc3c2C12CCCCC2)-c1sc(-c2sc(C=C(C#N)C#N)cc2OCCC)cc1C41CCCCC1. The minimum absolute atomic E-state index is 0.00462. The quantitative estimate of drug-likeness (QED) is 0.129. The summed E-state index contributed by atoms with van der Waals surface area (Å²) in [5.74, 6) is 1.69. The molecule has 0 saturated heterocycles. The number of rotatable bonds is 10. The Morgan fingerprint density at radius 3 is 1.74 bits per heavy atom. The van der Waals surface area contributed by atoms with Crippen LogP contribution in [0, 0.1) is 45.3 Å². The van der Waals surface area contributed by atoms with Crippen LogP contribution in [0.3, 0.4) is 0 Å². The van der Waals surface area contributed by atoms with Gasteiger partial charge in [0.2, 0.25) is 0 Å². The van der Waals surface area contributed by atoms with E-state index in [-0.39, 0.29) is 22.0 Å². The maximum Gasteiger partial charge on any atom is 0.139 e. The van der Waals surface area contributed by atoms with E-state index in [4.69, 9.17) is 9.47 Å². The van der Waals surface area contributed by atoms with Crippen molar-refractivity contribution in [2.75, 3.05) is 13.2 Å². The van der Waals surface area contributed by atoms with E-state index in [0.717, 1.165) is 69.5 Å². The van der Waals surface area contributed by atoms with Gasteiger partial charge in [-0.2, -0.15) is 21.0 Å². The van der Waals surface area contributed by atoms with E-state index in [9.17, 15) is 21.0 Å². The lowest BCUT2D eigenvalue weighted by atomic mass is 9.66. The van der Waals surface area contributed by atoms with Crippen molar-refractivity contribution >= 4 is 89.9 Å². The van der Waals surface area contributed by atoms with Crippen LogP contribution in [-0.4, -0.2) is 13.2 Å². The molecule has 0 radical (unpaired) electrons. The van der Waals surface area contributed by atoms with Gasteiger partial charge >= 0.3 is 0 Å². The van der Waals surface area contributed by atoms with Crippen LogP contribution < -0.4 is 9.47 Å². The number of allylic oxidation sites excluding steroid dienone is 3. The Kier molecular flexibility index (Phi) is 10.3. The van der Waals surface area contributed by atoms with Gasteiger partial charge in [0.05, 0.1) is 37.2 Å². The molecule has 11 heteroatoms. The van der Waals surface area contributed by atoms with Crippen LogP contribution in [0.2, 0.25) is 0 Å². The molecule has 57 heavy (non-hydrogen) atoms. The van der Waals surface area contributed by atoms with Gasteiger partial charge in [0.25, 0.3) is 0 Å². The van der Waals surface area contributed by atoms with Gasteiger partial charge in [-0.05, 0) is 91.7 Å². The number of hydrogen-bond donors (Lipinski definition) is 0. The monoisotopic (exact) mass is 840 g/mol. The molecule has 6 nitrogen and oxygen atoms in total. The molecule has 0 unspecified atom stereocenters. The highest BCUT2D eigenvalue weighted by Crippen LogP contribution is 2.69. The minimum Gasteiger partial charge on any atom is -0.492 e. The normalized spacial score (nSPS) is 16.8. The molecule has 0 atom stereocenters. The number of thiophene rings is 5. The Hall–Kier alpha value is -4.46. The molecule has 4 aliphatic carbocycles. The predicted molar refractivity (Wildman–Crippen MR) is 237 cm³/mol. The summed E-state index contributed by atoms with van der Waals surface area (Å²) in [7, 11) is 0. The second kappa shape index (κ2) is 15.4. The molecule has 0 N–H and O–H groups in total. The van der Waals surface area contributed by atoms with Crippen LogP contribution in [0.25, 0.3) is 52.7 Å². The zero-order valence-electron chi connectivity index (χ0n) is 32.0. The highest BCUT2D eigenvalue weighted by atomic mass is 32.1. The van der Waals surface area contributed by atoms with Gasteiger partial charge < -0.3 is 9.47 Å². The Morgan fingerprint density at radius 2 is 1.16 bits per heavy atom. The molecule has 5 aromatic heterocycles. The second-order valence-electron chi connectivity index (χ2n) is 15.4. The zero-order valence-corrected chi connectivity index (χ0v) is 36.1. The molecule has 4 aliphatic rings. The minimum atomic E-state index is -0.102. The van der Waals surface area contributed by atoms with Gasteiger partial charge in [-0.1, -0.05) is 52.4 Å². The average Bonchev–Trinajstić information content (AvgIpc) is 4.10. The van der Waals surface area contributed by atoms with Gasteiger partial charge in [0.15, 0.2) is 0 Å². The summed E-state index contributed by atoms with van der Waals surface area (Å²) in [4.78, 5) is 9.41. The Bertz CT molecular complexity index is 2650. The Morgan fingerprint density at radius 1 is 0.614 bits per heavy atom. The zero-order chi connectivity index (χ0) is 39.3. The molecule has 0 aromatic carbocycles. The van der Waals surface area contributed by atoms with Gasteiger partial charge in [-0.3, -0.25) is 0 Å². The van der Waals surface area contributed by atoms with Crippen molar-refractivity contribution in [2.45, 2.75) is 102 Å². The van der Waals surface area contributed by atoms with E-state index in [1.165, 1.54) is 84.1 Å². The fraction of sp³-hybridized carbons (Fsp3) is 0.391. The highest BCUT2D eigenvalue weighted by molar-refractivity contribution is 7.33. The van der Waals surface area contributed by atoms with Crippen LogP contribution >= 0.6 is 56.7 Å². The summed E-state index contributed by atoms with van der Waals surface area (Å²) in [6.45, 7) is 5.45. The number of ether oxygens (including phenoxy) is 2. The van der Waals surface area contributed by atoms with E-state index < -0.39 is 0 Å². The lowest BCUT2D eigenvalue weighted by Crippen LogP contribution is -2.28. The third kappa shape index (κ3) is 6.14. The van der Waals surface area contributed by atoms with Crippen molar-refractivity contribution in [3.8, 4) is 55.3 Å². The van der Waals surface area contributed by atoms with Crippen molar-refractivity contribution in [3.05, 3.63) is 65.5 Å². The van der Waals surface area contributed by atoms with Crippen molar-refractivity contribution in [1.29, 1.82) is 21.0 Å². The number of nitriles is 4.